The first kappa shape index (κ1) is 29.7. The number of nitrogens with one attached hydrogen (secondary N) is 1. The largest absolute Gasteiger partial charge is 0.392 e. The van der Waals surface area contributed by atoms with Gasteiger partial charge in [-0.1, -0.05) is 41.0 Å². The van der Waals surface area contributed by atoms with Crippen molar-refractivity contribution in [1.82, 2.24) is 14.8 Å². The Labute approximate surface area is 252 Å². The Bertz CT molecular complexity index is 1590. The van der Waals surface area contributed by atoms with Gasteiger partial charge in [-0.2, -0.15) is 8.78 Å². The minimum absolute atomic E-state index is 0.0918. The van der Waals surface area contributed by atoms with Gasteiger partial charge in [-0.05, 0) is 59.5 Å². The summed E-state index contributed by atoms with van der Waals surface area (Å²) in [4.78, 5) is 46.5. The summed E-state index contributed by atoms with van der Waals surface area (Å²) < 4.78 is 28.1. The van der Waals surface area contributed by atoms with E-state index in [-0.39, 0.29) is 51.1 Å². The van der Waals surface area contributed by atoms with E-state index in [9.17, 15) is 28.3 Å². The summed E-state index contributed by atoms with van der Waals surface area (Å²) in [5.41, 5.74) is 0.227. The molecule has 1 fully saturated rings. The van der Waals surface area contributed by atoms with E-state index in [1.165, 1.54) is 4.90 Å². The number of aliphatic hydroxyl groups is 1. The van der Waals surface area contributed by atoms with Gasteiger partial charge >= 0.3 is 11.4 Å². The number of fused-ring (bicyclic) bond motifs is 1. The maximum absolute atomic E-state index is 14.0. The van der Waals surface area contributed by atoms with E-state index in [2.05, 4.69) is 0 Å². The molecule has 2 N–H and O–H groups in total. The number of aromatic amines is 1. The van der Waals surface area contributed by atoms with Crippen molar-refractivity contribution < 1.29 is 23.5 Å². The van der Waals surface area contributed by atoms with Gasteiger partial charge in [0.2, 0.25) is 0 Å². The third-order valence-electron chi connectivity index (χ3n) is 6.95. The highest BCUT2D eigenvalue weighted by atomic mass is 35.5. The molecule has 3 aromatic rings. The van der Waals surface area contributed by atoms with Crippen molar-refractivity contribution in [3.8, 4) is 0 Å². The van der Waals surface area contributed by atoms with E-state index in [4.69, 9.17) is 34.8 Å². The van der Waals surface area contributed by atoms with E-state index < -0.39 is 22.5 Å². The molecule has 0 radical (unpaired) electrons. The molecule has 3 amide bonds. The summed E-state index contributed by atoms with van der Waals surface area (Å²) in [7, 11) is 1.70. The molecular formula is C27H23Cl3F2N4O4S. The number of carbonyl (C=O) groups excluding carboxylic acids is 2. The van der Waals surface area contributed by atoms with E-state index in [0.717, 1.165) is 35.4 Å². The third-order valence-corrected chi connectivity index (χ3v) is 9.20. The van der Waals surface area contributed by atoms with Crippen LogP contribution in [0.4, 0.5) is 19.3 Å². The quantitative estimate of drug-likeness (QED) is 0.320. The second-order valence-electron chi connectivity index (χ2n) is 9.68. The lowest BCUT2D eigenvalue weighted by molar-refractivity contribution is 0.0740. The minimum atomic E-state index is -3.90. The highest BCUT2D eigenvalue weighted by Crippen LogP contribution is 2.42. The van der Waals surface area contributed by atoms with Crippen molar-refractivity contribution in [3.63, 3.8) is 0 Å². The number of alkyl halides is 3. The number of amides is 3. The number of urea groups is 1. The molecule has 0 saturated carbocycles. The Morgan fingerprint density at radius 2 is 1.76 bits per heavy atom. The molecule has 0 aliphatic carbocycles. The van der Waals surface area contributed by atoms with Crippen LogP contribution in [0.5, 0.6) is 0 Å². The van der Waals surface area contributed by atoms with Crippen molar-refractivity contribution in [2.75, 3.05) is 25.0 Å². The van der Waals surface area contributed by atoms with E-state index in [1.54, 1.807) is 47.2 Å². The van der Waals surface area contributed by atoms with Crippen LogP contribution in [0.3, 0.4) is 0 Å². The molecule has 1 saturated heterocycles. The molecule has 2 aliphatic heterocycles. The fraction of sp³-hybridized carbons (Fsp3) is 0.296. The number of benzene rings is 2. The number of aliphatic hydroxyl groups excluding tert-OH is 1. The zero-order valence-electron chi connectivity index (χ0n) is 21.5. The fourth-order valence-electron chi connectivity index (χ4n) is 4.92. The molecule has 1 aromatic heterocycles. The van der Waals surface area contributed by atoms with Crippen LogP contribution in [0.2, 0.25) is 10.0 Å². The molecule has 216 valence electrons. The fourth-order valence-corrected chi connectivity index (χ4v) is 6.66. The van der Waals surface area contributed by atoms with Crippen LogP contribution in [-0.2, 0) is 25.1 Å². The summed E-state index contributed by atoms with van der Waals surface area (Å²) in [5, 5.41) is 6.57. The van der Waals surface area contributed by atoms with Crippen LogP contribution in [0.1, 0.15) is 39.2 Å². The minimum Gasteiger partial charge on any atom is -0.392 e. The zero-order valence-corrected chi connectivity index (χ0v) is 24.6. The van der Waals surface area contributed by atoms with Crippen molar-refractivity contribution >= 4 is 64.2 Å². The first-order chi connectivity index (χ1) is 19.4. The molecule has 2 aliphatic rings. The molecule has 41 heavy (non-hydrogen) atoms. The molecule has 0 unspecified atom stereocenters. The molecule has 5 rings (SSSR count). The lowest BCUT2D eigenvalue weighted by Gasteiger charge is -2.34. The number of hydrogen-bond donors (Lipinski definition) is 2. The molecule has 0 bridgehead atoms. The first-order valence-corrected chi connectivity index (χ1v) is 14.4. The van der Waals surface area contributed by atoms with Gasteiger partial charge in [-0.15, -0.1) is 0 Å². The van der Waals surface area contributed by atoms with E-state index in [1.807, 2.05) is 4.98 Å². The third kappa shape index (κ3) is 5.78. The lowest BCUT2D eigenvalue weighted by Crippen LogP contribution is -2.47. The topological polar surface area (TPSA) is 96.9 Å². The Hall–Kier alpha value is -2.83. The summed E-state index contributed by atoms with van der Waals surface area (Å²) in [5.74, 6) is -0.710. The normalized spacial score (nSPS) is 15.5. The van der Waals surface area contributed by atoms with Crippen molar-refractivity contribution in [3.05, 3.63) is 84.7 Å². The van der Waals surface area contributed by atoms with Gasteiger partial charge in [0.05, 0.1) is 22.3 Å². The van der Waals surface area contributed by atoms with Gasteiger partial charge in [0, 0.05) is 48.6 Å². The average Bonchev–Trinajstić information content (AvgIpc) is 3.34. The van der Waals surface area contributed by atoms with Crippen LogP contribution in [0.15, 0.2) is 51.0 Å². The van der Waals surface area contributed by atoms with Gasteiger partial charge in [-0.3, -0.25) is 14.5 Å². The maximum atomic E-state index is 14.0. The van der Waals surface area contributed by atoms with Gasteiger partial charge in [0.1, 0.15) is 11.3 Å². The highest BCUT2D eigenvalue weighted by Gasteiger charge is 2.35. The summed E-state index contributed by atoms with van der Waals surface area (Å²) in [6.07, 6.45) is 0.755. The monoisotopic (exact) mass is 642 g/mol. The molecule has 3 heterocycles. The van der Waals surface area contributed by atoms with Gasteiger partial charge in [-0.25, -0.2) is 4.79 Å². The second-order valence-corrected chi connectivity index (χ2v) is 12.0. The average molecular weight is 644 g/mol. The van der Waals surface area contributed by atoms with Crippen molar-refractivity contribution in [2.45, 2.75) is 41.3 Å². The van der Waals surface area contributed by atoms with Crippen molar-refractivity contribution in [1.29, 1.82) is 0 Å². The lowest BCUT2D eigenvalue weighted by atomic mass is 10.0. The molecular weight excluding hydrogens is 621 g/mol. The van der Waals surface area contributed by atoms with Gasteiger partial charge < -0.3 is 19.9 Å². The number of H-pyrrole nitrogens is 1. The number of nitrogens with zero attached hydrogens (tertiary/aromatic N) is 3. The summed E-state index contributed by atoms with van der Waals surface area (Å²) in [6.45, 7) is 0.973. The van der Waals surface area contributed by atoms with Crippen LogP contribution in [0.25, 0.3) is 0 Å². The van der Waals surface area contributed by atoms with Crippen LogP contribution < -0.4 is 10.5 Å². The summed E-state index contributed by atoms with van der Waals surface area (Å²) >= 11 is 18.6. The SMILES string of the molecule is CN1CCCN(c2cc3c(cc2CO)CN(C(=O)c2c(Sc4c(Cl)cccc4Cl)cc(C(F)(F)Cl)[nH]c2=O)C3)C1=O. The predicted molar refractivity (Wildman–Crippen MR) is 153 cm³/mol. The number of rotatable bonds is 6. The van der Waals surface area contributed by atoms with Gasteiger partial charge in [0.15, 0.2) is 0 Å². The van der Waals surface area contributed by atoms with E-state index >= 15 is 0 Å². The first-order valence-electron chi connectivity index (χ1n) is 12.4. The number of anilines is 1. The number of hydrogen-bond acceptors (Lipinski definition) is 5. The predicted octanol–water partition coefficient (Wildman–Crippen LogP) is 6.03. The molecule has 8 nitrogen and oxygen atoms in total. The molecule has 0 atom stereocenters. The van der Waals surface area contributed by atoms with Crippen LogP contribution in [-0.4, -0.2) is 52.0 Å². The van der Waals surface area contributed by atoms with Crippen molar-refractivity contribution in [2.24, 2.45) is 0 Å². The second kappa shape index (κ2) is 11.4. The smallest absolute Gasteiger partial charge is 0.362 e. The Morgan fingerprint density at radius 3 is 2.39 bits per heavy atom. The maximum Gasteiger partial charge on any atom is 0.362 e. The van der Waals surface area contributed by atoms with Crippen LogP contribution in [0, 0.1) is 0 Å². The highest BCUT2D eigenvalue weighted by molar-refractivity contribution is 7.99. The Morgan fingerprint density at radius 1 is 1.10 bits per heavy atom. The molecule has 14 heteroatoms. The molecule has 2 aromatic carbocycles. The Kier molecular flexibility index (Phi) is 8.28. The molecule has 0 spiro atoms. The standard InChI is InChI=1S/C27H23Cl3F2N4O4S/c1-34-6-3-7-36(26(34)40)19-9-15-12-35(11-14(15)8-16(19)13-37)25(39)22-20(10-21(27(30,31)32)33-24(22)38)41-23-17(28)4-2-5-18(23)29/h2,4-5,8-10,37H,3,6-7,11-13H2,1H3,(H,33,38). The number of halogens is 5. The number of aromatic nitrogens is 1. The zero-order chi connectivity index (χ0) is 29.6. The number of pyridine rings is 1. The Balaban J connectivity index is 1.52. The van der Waals surface area contributed by atoms with Gasteiger partial charge in [0.25, 0.3) is 11.5 Å². The number of carbonyl (C=O) groups is 2. The summed E-state index contributed by atoms with van der Waals surface area (Å²) in [6, 6.07) is 8.93. The van der Waals surface area contributed by atoms with Crippen LogP contribution >= 0.6 is 46.6 Å². The van der Waals surface area contributed by atoms with E-state index in [0.29, 0.717) is 24.3 Å².